The maximum absolute atomic E-state index is 3.62. The van der Waals surface area contributed by atoms with Gasteiger partial charge in [0.15, 0.2) is 0 Å². The maximum atomic E-state index is 3.62. The van der Waals surface area contributed by atoms with Gasteiger partial charge in [0.05, 0.1) is 0 Å². The lowest BCUT2D eigenvalue weighted by atomic mass is 9.82. The third-order valence-electron chi connectivity index (χ3n) is 4.83. The van der Waals surface area contributed by atoms with Gasteiger partial charge in [0.2, 0.25) is 0 Å². The minimum Gasteiger partial charge on any atom is -0.311 e. The molecule has 1 saturated carbocycles. The molecule has 1 N–H and O–H groups in total. The minimum atomic E-state index is 0.681. The summed E-state index contributed by atoms with van der Waals surface area (Å²) in [6.45, 7) is 10.9. The smallest absolute Gasteiger partial charge is 0.0218 e. The summed E-state index contributed by atoms with van der Waals surface area (Å²) in [5, 5.41) is 3.62. The highest BCUT2D eigenvalue weighted by Crippen LogP contribution is 2.29. The van der Waals surface area contributed by atoms with Crippen molar-refractivity contribution in [2.45, 2.75) is 65.0 Å². The van der Waals surface area contributed by atoms with Crippen molar-refractivity contribution in [2.24, 2.45) is 11.8 Å². The van der Waals surface area contributed by atoms with E-state index in [9.17, 15) is 0 Å². The molecule has 1 aliphatic heterocycles. The number of piperazine rings is 1. The van der Waals surface area contributed by atoms with Gasteiger partial charge in [-0.15, -0.1) is 0 Å². The molecule has 0 amide bonds. The normalized spacial score (nSPS) is 40.4. The Morgan fingerprint density at radius 2 is 1.82 bits per heavy atom. The molecule has 2 atom stereocenters. The van der Waals surface area contributed by atoms with Crippen LogP contribution in [0.4, 0.5) is 0 Å². The molecule has 0 bridgehead atoms. The highest BCUT2D eigenvalue weighted by molar-refractivity contribution is 4.85. The molecule has 0 aromatic heterocycles. The van der Waals surface area contributed by atoms with Crippen LogP contribution in [0.2, 0.25) is 0 Å². The fourth-order valence-corrected chi connectivity index (χ4v) is 3.50. The Bertz CT molecular complexity index is 221. The lowest BCUT2D eigenvalue weighted by Crippen LogP contribution is -2.56. The Hall–Kier alpha value is -0.0800. The number of hydrogen-bond acceptors (Lipinski definition) is 2. The van der Waals surface area contributed by atoms with Crippen molar-refractivity contribution >= 4 is 0 Å². The molecule has 17 heavy (non-hydrogen) atoms. The summed E-state index contributed by atoms with van der Waals surface area (Å²) in [7, 11) is 0. The predicted molar refractivity (Wildman–Crippen MR) is 74.2 cm³/mol. The monoisotopic (exact) mass is 238 g/mol. The second-order valence-electron chi connectivity index (χ2n) is 6.45. The van der Waals surface area contributed by atoms with Gasteiger partial charge in [0, 0.05) is 31.7 Å². The molecular formula is C15H30N2. The Morgan fingerprint density at radius 3 is 2.47 bits per heavy atom. The topological polar surface area (TPSA) is 15.3 Å². The second-order valence-corrected chi connectivity index (χ2v) is 6.45. The maximum Gasteiger partial charge on any atom is 0.0218 e. The van der Waals surface area contributed by atoms with Gasteiger partial charge < -0.3 is 5.32 Å². The van der Waals surface area contributed by atoms with E-state index in [1.165, 1.54) is 51.7 Å². The van der Waals surface area contributed by atoms with E-state index in [-0.39, 0.29) is 0 Å². The van der Waals surface area contributed by atoms with Crippen LogP contribution < -0.4 is 5.32 Å². The van der Waals surface area contributed by atoms with E-state index in [4.69, 9.17) is 0 Å². The quantitative estimate of drug-likeness (QED) is 0.813. The lowest BCUT2D eigenvalue weighted by Gasteiger charge is -2.41. The number of hydrogen-bond donors (Lipinski definition) is 1. The van der Waals surface area contributed by atoms with Crippen LogP contribution in [0.3, 0.4) is 0 Å². The lowest BCUT2D eigenvalue weighted by molar-refractivity contribution is 0.0963. The Balaban J connectivity index is 1.83. The summed E-state index contributed by atoms with van der Waals surface area (Å²) in [4.78, 5) is 2.77. The van der Waals surface area contributed by atoms with Crippen molar-refractivity contribution in [2.75, 3.05) is 19.6 Å². The van der Waals surface area contributed by atoms with E-state index >= 15 is 0 Å². The molecule has 1 saturated heterocycles. The van der Waals surface area contributed by atoms with Crippen LogP contribution in [0.25, 0.3) is 0 Å². The molecular weight excluding hydrogens is 208 g/mol. The number of nitrogens with zero attached hydrogens (tertiary/aromatic N) is 1. The predicted octanol–water partition coefficient (Wildman–Crippen LogP) is 2.89. The molecule has 2 heteroatoms. The van der Waals surface area contributed by atoms with Crippen LogP contribution in [0.5, 0.6) is 0 Å². The summed E-state index contributed by atoms with van der Waals surface area (Å²) in [6.07, 6.45) is 7.15. The zero-order chi connectivity index (χ0) is 12.3. The van der Waals surface area contributed by atoms with Crippen LogP contribution in [0.1, 0.15) is 52.9 Å². The average Bonchev–Trinajstić information content (AvgIpc) is 2.32. The van der Waals surface area contributed by atoms with Crippen LogP contribution in [-0.4, -0.2) is 36.6 Å². The molecule has 0 aromatic carbocycles. The fraction of sp³-hybridized carbons (Fsp3) is 1.00. The van der Waals surface area contributed by atoms with Gasteiger partial charge in [-0.05, 0) is 38.0 Å². The van der Waals surface area contributed by atoms with Gasteiger partial charge >= 0.3 is 0 Å². The first kappa shape index (κ1) is 13.4. The van der Waals surface area contributed by atoms with Gasteiger partial charge in [-0.3, -0.25) is 4.90 Å². The zero-order valence-corrected chi connectivity index (χ0v) is 11.9. The van der Waals surface area contributed by atoms with Gasteiger partial charge in [-0.1, -0.05) is 26.7 Å². The molecule has 0 aromatic rings. The first-order chi connectivity index (χ1) is 8.19. The Labute approximate surface area is 107 Å². The summed E-state index contributed by atoms with van der Waals surface area (Å²) in [5.41, 5.74) is 0. The highest BCUT2D eigenvalue weighted by atomic mass is 15.2. The molecule has 0 spiro atoms. The van der Waals surface area contributed by atoms with Crippen molar-refractivity contribution in [1.82, 2.24) is 10.2 Å². The van der Waals surface area contributed by atoms with Crippen LogP contribution in [0.15, 0.2) is 0 Å². The summed E-state index contributed by atoms with van der Waals surface area (Å²) < 4.78 is 0. The van der Waals surface area contributed by atoms with Crippen molar-refractivity contribution in [3.63, 3.8) is 0 Å². The average molecular weight is 238 g/mol. The third kappa shape index (κ3) is 3.69. The molecule has 1 heterocycles. The first-order valence-corrected chi connectivity index (χ1v) is 7.66. The molecule has 1 aliphatic carbocycles. The van der Waals surface area contributed by atoms with Gasteiger partial charge in [0.1, 0.15) is 0 Å². The van der Waals surface area contributed by atoms with Crippen molar-refractivity contribution in [1.29, 1.82) is 0 Å². The first-order valence-electron chi connectivity index (χ1n) is 7.66. The Morgan fingerprint density at radius 1 is 1.12 bits per heavy atom. The van der Waals surface area contributed by atoms with E-state index in [2.05, 4.69) is 31.0 Å². The second kappa shape index (κ2) is 6.19. The number of rotatable bonds is 3. The van der Waals surface area contributed by atoms with Gasteiger partial charge in [-0.25, -0.2) is 0 Å². The zero-order valence-electron chi connectivity index (χ0n) is 11.9. The van der Waals surface area contributed by atoms with Gasteiger partial charge in [0.25, 0.3) is 0 Å². The highest BCUT2D eigenvalue weighted by Gasteiger charge is 2.27. The number of nitrogens with one attached hydrogen (secondary N) is 1. The van der Waals surface area contributed by atoms with Crippen LogP contribution >= 0.6 is 0 Å². The largest absolute Gasteiger partial charge is 0.311 e. The molecule has 2 rings (SSSR count). The van der Waals surface area contributed by atoms with E-state index in [0.29, 0.717) is 6.04 Å². The van der Waals surface area contributed by atoms with Gasteiger partial charge in [-0.2, -0.15) is 0 Å². The van der Waals surface area contributed by atoms with E-state index in [0.717, 1.165) is 17.9 Å². The summed E-state index contributed by atoms with van der Waals surface area (Å²) >= 11 is 0. The standard InChI is InChI=1S/C15H30N2/c1-4-15-9-16-13(3)10-17(15)11-14-7-5-12(2)6-8-14/h12-16H,4-11H2,1-3H3. The van der Waals surface area contributed by atoms with Crippen LogP contribution in [0, 0.1) is 11.8 Å². The van der Waals surface area contributed by atoms with E-state index in [1.54, 1.807) is 0 Å². The van der Waals surface area contributed by atoms with Crippen molar-refractivity contribution in [3.8, 4) is 0 Å². The molecule has 2 aliphatic rings. The molecule has 2 unspecified atom stereocenters. The molecule has 0 radical (unpaired) electrons. The fourth-order valence-electron chi connectivity index (χ4n) is 3.50. The molecule has 100 valence electrons. The Kier molecular flexibility index (Phi) is 4.87. The summed E-state index contributed by atoms with van der Waals surface area (Å²) in [5.74, 6) is 1.96. The van der Waals surface area contributed by atoms with Crippen molar-refractivity contribution < 1.29 is 0 Å². The minimum absolute atomic E-state index is 0.681. The molecule has 2 nitrogen and oxygen atoms in total. The van der Waals surface area contributed by atoms with E-state index in [1.807, 2.05) is 0 Å². The SMILES string of the molecule is CCC1CNC(C)CN1CC1CCC(C)CC1. The van der Waals surface area contributed by atoms with Crippen LogP contribution in [-0.2, 0) is 0 Å². The van der Waals surface area contributed by atoms with E-state index < -0.39 is 0 Å². The molecule has 2 fully saturated rings. The van der Waals surface area contributed by atoms with Crippen molar-refractivity contribution in [3.05, 3.63) is 0 Å². The summed E-state index contributed by atoms with van der Waals surface area (Å²) in [6, 6.07) is 1.46. The third-order valence-corrected chi connectivity index (χ3v) is 4.83.